The number of hydrogen-bond donors (Lipinski definition) is 2. The number of carbonyl (C=O) groups is 2. The van der Waals surface area contributed by atoms with E-state index in [2.05, 4.69) is 15.9 Å². The molecule has 6 heteroatoms. The minimum atomic E-state index is -1.21. The summed E-state index contributed by atoms with van der Waals surface area (Å²) in [4.78, 5) is 21.2. The van der Waals surface area contributed by atoms with Gasteiger partial charge in [0.25, 0.3) is 0 Å². The van der Waals surface area contributed by atoms with E-state index in [1.54, 1.807) is 0 Å². The average molecular weight is 279 g/mol. The number of carboxylic acid groups (broad SMARTS) is 2. The molecule has 0 heterocycles. The molecule has 0 aliphatic carbocycles. The number of carboxylic acids is 2. The van der Waals surface area contributed by atoms with E-state index in [1.165, 1.54) is 6.07 Å². The highest BCUT2D eigenvalue weighted by Crippen LogP contribution is 2.26. The molecule has 74 valence electrons. The highest BCUT2D eigenvalue weighted by Gasteiger charge is 2.16. The molecule has 0 atom stereocenters. The van der Waals surface area contributed by atoms with Gasteiger partial charge in [-0.1, -0.05) is 11.6 Å². The summed E-state index contributed by atoms with van der Waals surface area (Å²) in [6.45, 7) is 0. The first-order chi connectivity index (χ1) is 6.43. The molecule has 0 saturated carbocycles. The first-order valence-electron chi connectivity index (χ1n) is 3.39. The summed E-state index contributed by atoms with van der Waals surface area (Å²) in [6.07, 6.45) is 0. The van der Waals surface area contributed by atoms with Crippen molar-refractivity contribution in [2.45, 2.75) is 0 Å². The van der Waals surface area contributed by atoms with Crippen molar-refractivity contribution in [2.75, 3.05) is 0 Å². The Morgan fingerprint density at radius 1 is 1.21 bits per heavy atom. The van der Waals surface area contributed by atoms with Gasteiger partial charge in [0.2, 0.25) is 0 Å². The summed E-state index contributed by atoms with van der Waals surface area (Å²) in [7, 11) is 0. The van der Waals surface area contributed by atoms with E-state index in [1.807, 2.05) is 0 Å². The third-order valence-corrected chi connectivity index (χ3v) is 2.43. The van der Waals surface area contributed by atoms with Crippen LogP contribution in [0.15, 0.2) is 16.6 Å². The minimum absolute atomic E-state index is 0.0631. The zero-order valence-corrected chi connectivity index (χ0v) is 8.96. The molecule has 0 aliphatic heterocycles. The van der Waals surface area contributed by atoms with Gasteiger partial charge >= 0.3 is 11.9 Å². The highest BCUT2D eigenvalue weighted by atomic mass is 79.9. The lowest BCUT2D eigenvalue weighted by molar-refractivity contribution is 0.0680. The molecule has 2 N–H and O–H groups in total. The zero-order chi connectivity index (χ0) is 10.9. The normalized spacial score (nSPS) is 9.86. The van der Waals surface area contributed by atoms with Gasteiger partial charge in [-0.15, -0.1) is 0 Å². The van der Waals surface area contributed by atoms with Crippen LogP contribution >= 0.6 is 27.5 Å². The van der Waals surface area contributed by atoms with Crippen LogP contribution in [-0.2, 0) is 0 Å². The first kappa shape index (κ1) is 11.0. The summed E-state index contributed by atoms with van der Waals surface area (Å²) in [5.74, 6) is -2.37. The molecular weight excluding hydrogens is 275 g/mol. The molecule has 0 bridgehead atoms. The summed E-state index contributed by atoms with van der Waals surface area (Å²) >= 11 is 8.54. The van der Waals surface area contributed by atoms with E-state index in [0.717, 1.165) is 6.07 Å². The summed E-state index contributed by atoms with van der Waals surface area (Å²) in [6, 6.07) is 2.29. The maximum atomic E-state index is 10.7. The topological polar surface area (TPSA) is 74.6 Å². The highest BCUT2D eigenvalue weighted by molar-refractivity contribution is 9.10. The smallest absolute Gasteiger partial charge is 0.338 e. The van der Waals surface area contributed by atoms with Gasteiger partial charge in [-0.3, -0.25) is 0 Å². The van der Waals surface area contributed by atoms with Gasteiger partial charge in [0.15, 0.2) is 0 Å². The lowest BCUT2D eigenvalue weighted by Crippen LogP contribution is -2.03. The van der Waals surface area contributed by atoms with Crippen LogP contribution < -0.4 is 0 Å². The van der Waals surface area contributed by atoms with Crippen molar-refractivity contribution in [3.8, 4) is 0 Å². The molecule has 0 fully saturated rings. The van der Waals surface area contributed by atoms with E-state index in [4.69, 9.17) is 21.8 Å². The van der Waals surface area contributed by atoms with E-state index in [0.29, 0.717) is 0 Å². The maximum absolute atomic E-state index is 10.7. The van der Waals surface area contributed by atoms with Crippen LogP contribution in [-0.4, -0.2) is 22.2 Å². The average Bonchev–Trinajstić information content (AvgIpc) is 2.01. The SMILES string of the molecule is O=C(O)c1cc(Cl)c(C(=O)O)c(Br)c1. The van der Waals surface area contributed by atoms with Gasteiger partial charge in [-0.05, 0) is 28.1 Å². The first-order valence-corrected chi connectivity index (χ1v) is 4.56. The van der Waals surface area contributed by atoms with Crippen molar-refractivity contribution in [3.63, 3.8) is 0 Å². The van der Waals surface area contributed by atoms with Gasteiger partial charge in [0.05, 0.1) is 16.1 Å². The summed E-state index contributed by atoms with van der Waals surface area (Å²) in [5, 5.41) is 17.2. The molecule has 0 amide bonds. The van der Waals surface area contributed by atoms with E-state index < -0.39 is 11.9 Å². The lowest BCUT2D eigenvalue weighted by atomic mass is 10.1. The summed E-state index contributed by atoms with van der Waals surface area (Å²) in [5.41, 5.74) is -0.205. The molecular formula is C8H4BrClO4. The van der Waals surface area contributed by atoms with E-state index in [9.17, 15) is 9.59 Å². The van der Waals surface area contributed by atoms with E-state index in [-0.39, 0.29) is 20.6 Å². The number of rotatable bonds is 2. The molecule has 0 aliphatic rings. The number of benzene rings is 1. The maximum Gasteiger partial charge on any atom is 0.338 e. The standard InChI is InChI=1S/C8H4BrClO4/c9-4-1-3(7(11)12)2-5(10)6(4)8(13)14/h1-2H,(H,11,12)(H,13,14). The van der Waals surface area contributed by atoms with Gasteiger partial charge < -0.3 is 10.2 Å². The largest absolute Gasteiger partial charge is 0.478 e. The fourth-order valence-corrected chi connectivity index (χ4v) is 1.95. The molecule has 1 aromatic rings. The second-order valence-electron chi connectivity index (χ2n) is 2.43. The Morgan fingerprint density at radius 3 is 2.14 bits per heavy atom. The molecule has 1 rings (SSSR count). The molecule has 0 saturated heterocycles. The number of aromatic carboxylic acids is 2. The molecule has 4 nitrogen and oxygen atoms in total. The Morgan fingerprint density at radius 2 is 1.79 bits per heavy atom. The minimum Gasteiger partial charge on any atom is -0.478 e. The Bertz CT molecular complexity index is 393. The Balaban J connectivity index is 3.39. The molecule has 14 heavy (non-hydrogen) atoms. The third-order valence-electron chi connectivity index (χ3n) is 1.50. The Kier molecular flexibility index (Phi) is 3.13. The lowest BCUT2D eigenvalue weighted by Gasteiger charge is -2.03. The van der Waals surface area contributed by atoms with Crippen molar-refractivity contribution >= 4 is 39.5 Å². The molecule has 0 spiro atoms. The van der Waals surface area contributed by atoms with Crippen LogP contribution in [0.25, 0.3) is 0 Å². The Hall–Kier alpha value is -1.07. The summed E-state index contributed by atoms with van der Waals surface area (Å²) < 4.78 is 0.148. The van der Waals surface area contributed by atoms with Crippen molar-refractivity contribution in [1.29, 1.82) is 0 Å². The molecule has 0 aromatic heterocycles. The van der Waals surface area contributed by atoms with Gasteiger partial charge in [0, 0.05) is 4.47 Å². The van der Waals surface area contributed by atoms with Crippen LogP contribution in [0.2, 0.25) is 5.02 Å². The van der Waals surface area contributed by atoms with Gasteiger partial charge in [0.1, 0.15) is 0 Å². The third kappa shape index (κ3) is 2.05. The monoisotopic (exact) mass is 278 g/mol. The number of halogens is 2. The van der Waals surface area contributed by atoms with Crippen LogP contribution in [0.1, 0.15) is 20.7 Å². The van der Waals surface area contributed by atoms with Gasteiger partial charge in [-0.25, -0.2) is 9.59 Å². The molecule has 0 radical (unpaired) electrons. The van der Waals surface area contributed by atoms with Crippen molar-refractivity contribution in [1.82, 2.24) is 0 Å². The fourth-order valence-electron chi connectivity index (χ4n) is 0.901. The van der Waals surface area contributed by atoms with Crippen LogP contribution in [0.4, 0.5) is 0 Å². The van der Waals surface area contributed by atoms with Crippen LogP contribution in [0.5, 0.6) is 0 Å². The van der Waals surface area contributed by atoms with Crippen LogP contribution in [0, 0.1) is 0 Å². The van der Waals surface area contributed by atoms with E-state index >= 15 is 0 Å². The second-order valence-corrected chi connectivity index (χ2v) is 3.69. The predicted molar refractivity (Wildman–Crippen MR) is 53.1 cm³/mol. The number of hydrogen-bond acceptors (Lipinski definition) is 2. The second kappa shape index (κ2) is 3.98. The zero-order valence-electron chi connectivity index (χ0n) is 6.62. The van der Waals surface area contributed by atoms with Crippen molar-refractivity contribution in [3.05, 3.63) is 32.8 Å². The van der Waals surface area contributed by atoms with Crippen LogP contribution in [0.3, 0.4) is 0 Å². The molecule has 0 unspecified atom stereocenters. The quantitative estimate of drug-likeness (QED) is 0.872. The molecule has 1 aromatic carbocycles. The van der Waals surface area contributed by atoms with Crippen molar-refractivity contribution < 1.29 is 19.8 Å². The van der Waals surface area contributed by atoms with Crippen molar-refractivity contribution in [2.24, 2.45) is 0 Å². The fraction of sp³-hybridized carbons (Fsp3) is 0. The Labute approximate surface area is 92.2 Å². The van der Waals surface area contributed by atoms with Gasteiger partial charge in [-0.2, -0.15) is 0 Å². The predicted octanol–water partition coefficient (Wildman–Crippen LogP) is 2.50.